The van der Waals surface area contributed by atoms with Gasteiger partial charge in [0.25, 0.3) is 5.91 Å². The van der Waals surface area contributed by atoms with Crippen LogP contribution in [0.1, 0.15) is 54.4 Å². The molecule has 2 amide bonds. The van der Waals surface area contributed by atoms with Crippen LogP contribution in [0.3, 0.4) is 0 Å². The first kappa shape index (κ1) is 27.2. The van der Waals surface area contributed by atoms with E-state index < -0.39 is 6.09 Å². The molecular formula is C31H39FN4O3. The molecule has 0 unspecified atom stereocenters. The topological polar surface area (TPSA) is 66.8 Å². The highest BCUT2D eigenvalue weighted by Gasteiger charge is 2.31. The number of halogens is 1. The van der Waals surface area contributed by atoms with Crippen LogP contribution in [0.15, 0.2) is 54.7 Å². The summed E-state index contributed by atoms with van der Waals surface area (Å²) >= 11 is 0. The zero-order valence-corrected chi connectivity index (χ0v) is 22.8. The van der Waals surface area contributed by atoms with Crippen LogP contribution >= 0.6 is 0 Å². The summed E-state index contributed by atoms with van der Waals surface area (Å²) in [7, 11) is 0. The van der Waals surface area contributed by atoms with Gasteiger partial charge in [0.05, 0.1) is 17.7 Å². The molecule has 7 nitrogen and oxygen atoms in total. The summed E-state index contributed by atoms with van der Waals surface area (Å²) in [6.45, 7) is 8.05. The summed E-state index contributed by atoms with van der Waals surface area (Å²) in [5.41, 5.74) is 2.95. The monoisotopic (exact) mass is 534 g/mol. The molecule has 39 heavy (non-hydrogen) atoms. The van der Waals surface area contributed by atoms with Crippen molar-refractivity contribution in [2.75, 3.05) is 45.9 Å². The largest absolute Gasteiger partial charge is 0.450 e. The Kier molecular flexibility index (Phi) is 8.81. The molecule has 0 radical (unpaired) electrons. The van der Waals surface area contributed by atoms with Crippen molar-refractivity contribution in [2.45, 2.75) is 45.1 Å². The third-order valence-electron chi connectivity index (χ3n) is 8.16. The van der Waals surface area contributed by atoms with Gasteiger partial charge in [-0.05, 0) is 87.4 Å². The Hall–Kier alpha value is -3.39. The SMILES string of the molecule is CCOC(=O)NCCCn1ccc2cccc(C(=O)N3CC[C@H](CN4CCC(c5ccc(F)cc5)CC4)C3)c21. The van der Waals surface area contributed by atoms with Gasteiger partial charge in [-0.1, -0.05) is 24.3 Å². The highest BCUT2D eigenvalue weighted by atomic mass is 19.1. The molecule has 208 valence electrons. The van der Waals surface area contributed by atoms with Crippen molar-refractivity contribution in [3.63, 3.8) is 0 Å². The molecule has 3 aromatic rings. The molecular weight excluding hydrogens is 495 g/mol. The third kappa shape index (κ3) is 6.61. The number of hydrogen-bond donors (Lipinski definition) is 1. The van der Waals surface area contributed by atoms with Gasteiger partial charge in [-0.2, -0.15) is 0 Å². The normalized spacial score (nSPS) is 18.5. The van der Waals surface area contributed by atoms with Crippen LogP contribution in [0.5, 0.6) is 0 Å². The molecule has 2 saturated heterocycles. The fraction of sp³-hybridized carbons (Fsp3) is 0.484. The van der Waals surface area contributed by atoms with Crippen molar-refractivity contribution in [1.29, 1.82) is 0 Å². The number of para-hydroxylation sites is 1. The van der Waals surface area contributed by atoms with Crippen LogP contribution in [-0.4, -0.2) is 72.2 Å². The summed E-state index contributed by atoms with van der Waals surface area (Å²) in [6, 6.07) is 15.0. The number of fused-ring (bicyclic) bond motifs is 1. The van der Waals surface area contributed by atoms with Gasteiger partial charge in [0.1, 0.15) is 5.82 Å². The standard InChI is InChI=1S/C31H39FN4O3/c1-2-39-31(38)33-15-4-16-35-20-14-26-5-3-6-28(29(26)35)30(37)36-19-11-23(22-36)21-34-17-12-25(13-18-34)24-7-9-27(32)10-8-24/h3,5-10,14,20,23,25H,2,4,11-13,15-19,21-22H2,1H3,(H,33,38)/t23-/m1/s1. The molecule has 2 aliphatic heterocycles. The Morgan fingerprint density at radius 3 is 2.59 bits per heavy atom. The number of rotatable bonds is 9. The first-order valence-corrected chi connectivity index (χ1v) is 14.3. The smallest absolute Gasteiger partial charge is 0.407 e. The Bertz CT molecular complexity index is 1270. The second-order valence-corrected chi connectivity index (χ2v) is 10.8. The van der Waals surface area contributed by atoms with Crippen molar-refractivity contribution >= 4 is 22.9 Å². The molecule has 0 spiro atoms. The molecule has 1 aromatic heterocycles. The first-order chi connectivity index (χ1) is 19.0. The molecule has 2 aliphatic rings. The number of nitrogens with zero attached hydrogens (tertiary/aromatic N) is 3. The number of alkyl carbamates (subject to hydrolysis) is 1. The number of likely N-dealkylation sites (tertiary alicyclic amines) is 2. The van der Waals surface area contributed by atoms with Gasteiger partial charge < -0.3 is 24.4 Å². The van der Waals surface area contributed by atoms with Crippen LogP contribution in [-0.2, 0) is 11.3 Å². The van der Waals surface area contributed by atoms with Gasteiger partial charge in [-0.3, -0.25) is 4.79 Å². The van der Waals surface area contributed by atoms with Crippen LogP contribution in [0.25, 0.3) is 10.9 Å². The van der Waals surface area contributed by atoms with Crippen molar-refractivity contribution in [3.8, 4) is 0 Å². The van der Waals surface area contributed by atoms with E-state index in [1.807, 2.05) is 47.5 Å². The minimum absolute atomic E-state index is 0.0997. The van der Waals surface area contributed by atoms with Crippen LogP contribution in [0.4, 0.5) is 9.18 Å². The highest BCUT2D eigenvalue weighted by Crippen LogP contribution is 2.30. The van der Waals surface area contributed by atoms with Gasteiger partial charge in [0.2, 0.25) is 0 Å². The number of hydrogen-bond acceptors (Lipinski definition) is 4. The fourth-order valence-corrected chi connectivity index (χ4v) is 6.13. The van der Waals surface area contributed by atoms with Crippen LogP contribution in [0, 0.1) is 11.7 Å². The second-order valence-electron chi connectivity index (χ2n) is 10.8. The average molecular weight is 535 g/mol. The van der Waals surface area contributed by atoms with E-state index in [1.54, 1.807) is 19.1 Å². The number of nitrogens with one attached hydrogen (secondary N) is 1. The Morgan fingerprint density at radius 1 is 1.03 bits per heavy atom. The van der Waals surface area contributed by atoms with Crippen molar-refractivity contribution < 1.29 is 18.7 Å². The molecule has 8 heteroatoms. The number of aryl methyl sites for hydroxylation is 1. The van der Waals surface area contributed by atoms with E-state index in [1.165, 1.54) is 5.56 Å². The third-order valence-corrected chi connectivity index (χ3v) is 8.16. The minimum Gasteiger partial charge on any atom is -0.450 e. The summed E-state index contributed by atoms with van der Waals surface area (Å²) in [6.07, 6.45) is 5.58. The number of piperidine rings is 1. The van der Waals surface area contributed by atoms with E-state index in [0.29, 0.717) is 31.5 Å². The van der Waals surface area contributed by atoms with E-state index in [9.17, 15) is 14.0 Å². The summed E-state index contributed by atoms with van der Waals surface area (Å²) in [5.74, 6) is 0.907. The van der Waals surface area contributed by atoms with Gasteiger partial charge in [0, 0.05) is 44.3 Å². The van der Waals surface area contributed by atoms with Crippen molar-refractivity contribution in [1.82, 2.24) is 19.7 Å². The zero-order chi connectivity index (χ0) is 27.2. The predicted molar refractivity (Wildman–Crippen MR) is 150 cm³/mol. The number of aromatic nitrogens is 1. The predicted octanol–water partition coefficient (Wildman–Crippen LogP) is 5.26. The van der Waals surface area contributed by atoms with E-state index in [0.717, 1.165) is 74.9 Å². The molecule has 1 atom stereocenters. The molecule has 2 fully saturated rings. The van der Waals surface area contributed by atoms with Gasteiger partial charge >= 0.3 is 6.09 Å². The van der Waals surface area contributed by atoms with E-state index in [4.69, 9.17) is 4.74 Å². The Labute approximate surface area is 229 Å². The highest BCUT2D eigenvalue weighted by molar-refractivity contribution is 6.06. The number of ether oxygens (including phenoxy) is 1. The second kappa shape index (κ2) is 12.6. The molecule has 1 N–H and O–H groups in total. The number of amides is 2. The van der Waals surface area contributed by atoms with Gasteiger partial charge in [-0.15, -0.1) is 0 Å². The number of carbonyl (C=O) groups excluding carboxylic acids is 2. The molecule has 0 saturated carbocycles. The summed E-state index contributed by atoms with van der Waals surface area (Å²) < 4.78 is 20.3. The minimum atomic E-state index is -0.397. The summed E-state index contributed by atoms with van der Waals surface area (Å²) in [4.78, 5) is 29.8. The first-order valence-electron chi connectivity index (χ1n) is 14.3. The Morgan fingerprint density at radius 2 is 1.82 bits per heavy atom. The Balaban J connectivity index is 1.14. The van der Waals surface area contributed by atoms with E-state index >= 15 is 0 Å². The lowest BCUT2D eigenvalue weighted by Crippen LogP contribution is -2.38. The zero-order valence-electron chi connectivity index (χ0n) is 22.8. The summed E-state index contributed by atoms with van der Waals surface area (Å²) in [5, 5.41) is 3.81. The van der Waals surface area contributed by atoms with Crippen LogP contribution < -0.4 is 5.32 Å². The van der Waals surface area contributed by atoms with Crippen molar-refractivity contribution in [3.05, 3.63) is 71.7 Å². The van der Waals surface area contributed by atoms with E-state index in [-0.39, 0.29) is 11.7 Å². The lowest BCUT2D eigenvalue weighted by atomic mass is 9.89. The van der Waals surface area contributed by atoms with E-state index in [2.05, 4.69) is 14.8 Å². The molecule has 3 heterocycles. The lowest BCUT2D eigenvalue weighted by molar-refractivity contribution is 0.0783. The molecule has 0 aliphatic carbocycles. The lowest BCUT2D eigenvalue weighted by Gasteiger charge is -2.33. The quantitative estimate of drug-likeness (QED) is 0.381. The molecule has 5 rings (SSSR count). The maximum Gasteiger partial charge on any atom is 0.407 e. The average Bonchev–Trinajstić information content (AvgIpc) is 3.59. The number of benzene rings is 2. The maximum atomic E-state index is 13.7. The maximum absolute atomic E-state index is 13.7. The van der Waals surface area contributed by atoms with Crippen molar-refractivity contribution in [2.24, 2.45) is 5.92 Å². The van der Waals surface area contributed by atoms with Gasteiger partial charge in [0.15, 0.2) is 0 Å². The van der Waals surface area contributed by atoms with Crippen LogP contribution in [0.2, 0.25) is 0 Å². The molecule has 0 bridgehead atoms. The fourth-order valence-electron chi connectivity index (χ4n) is 6.13. The molecule has 2 aromatic carbocycles. The van der Waals surface area contributed by atoms with Gasteiger partial charge in [-0.25, -0.2) is 9.18 Å². The number of carbonyl (C=O) groups is 2.